The number of nitrogens with one attached hydrogen (secondary N) is 1. The van der Waals surface area contributed by atoms with E-state index in [0.717, 1.165) is 11.3 Å². The standard InChI is InChI=1S/C14H20FNS/c1-14(2)9-8-12(13(14)16-3)17-11-7-5-4-6-10(11)15/h4-7,12-13,16H,8-9H2,1-3H3. The topological polar surface area (TPSA) is 12.0 Å². The summed E-state index contributed by atoms with van der Waals surface area (Å²) in [5.74, 6) is -0.0999. The lowest BCUT2D eigenvalue weighted by atomic mass is 9.87. The average Bonchev–Trinajstić information content (AvgIpc) is 2.57. The van der Waals surface area contributed by atoms with E-state index in [1.54, 1.807) is 17.8 Å². The first-order valence-electron chi connectivity index (χ1n) is 6.13. The van der Waals surface area contributed by atoms with Crippen molar-refractivity contribution in [1.82, 2.24) is 5.32 Å². The molecule has 0 aromatic heterocycles. The van der Waals surface area contributed by atoms with Crippen LogP contribution in [0.4, 0.5) is 4.39 Å². The minimum absolute atomic E-state index is 0.0999. The lowest BCUT2D eigenvalue weighted by Gasteiger charge is -2.30. The smallest absolute Gasteiger partial charge is 0.136 e. The Morgan fingerprint density at radius 3 is 2.71 bits per heavy atom. The summed E-state index contributed by atoms with van der Waals surface area (Å²) < 4.78 is 13.6. The van der Waals surface area contributed by atoms with Gasteiger partial charge in [-0.25, -0.2) is 4.39 Å². The molecule has 2 atom stereocenters. The molecule has 0 bridgehead atoms. The van der Waals surface area contributed by atoms with Crippen molar-refractivity contribution in [2.75, 3.05) is 7.05 Å². The van der Waals surface area contributed by atoms with Gasteiger partial charge in [-0.05, 0) is 37.4 Å². The Morgan fingerprint density at radius 2 is 2.06 bits per heavy atom. The molecule has 0 spiro atoms. The van der Waals surface area contributed by atoms with E-state index in [0.29, 0.717) is 16.7 Å². The molecule has 0 heterocycles. The van der Waals surface area contributed by atoms with Crippen LogP contribution in [0.1, 0.15) is 26.7 Å². The second-order valence-corrected chi connectivity index (χ2v) is 6.66. The molecule has 1 saturated carbocycles. The molecule has 0 radical (unpaired) electrons. The molecular formula is C14H20FNS. The van der Waals surface area contributed by atoms with Crippen LogP contribution in [-0.2, 0) is 0 Å². The fourth-order valence-corrected chi connectivity index (χ4v) is 4.29. The third-order valence-electron chi connectivity index (χ3n) is 3.71. The average molecular weight is 253 g/mol. The van der Waals surface area contributed by atoms with Crippen LogP contribution in [0.2, 0.25) is 0 Å². The van der Waals surface area contributed by atoms with Crippen molar-refractivity contribution in [1.29, 1.82) is 0 Å². The number of hydrogen-bond donors (Lipinski definition) is 1. The summed E-state index contributed by atoms with van der Waals surface area (Å²) in [6.07, 6.45) is 2.35. The first-order chi connectivity index (χ1) is 8.04. The highest BCUT2D eigenvalue weighted by atomic mass is 32.2. The zero-order chi connectivity index (χ0) is 12.5. The molecule has 1 aromatic carbocycles. The highest BCUT2D eigenvalue weighted by Crippen LogP contribution is 2.45. The highest BCUT2D eigenvalue weighted by Gasteiger charge is 2.41. The van der Waals surface area contributed by atoms with Gasteiger partial charge < -0.3 is 5.32 Å². The SMILES string of the molecule is CNC1C(Sc2ccccc2F)CCC1(C)C. The quantitative estimate of drug-likeness (QED) is 0.881. The zero-order valence-corrected chi connectivity index (χ0v) is 11.5. The van der Waals surface area contributed by atoms with Crippen molar-refractivity contribution in [3.05, 3.63) is 30.1 Å². The van der Waals surface area contributed by atoms with Crippen LogP contribution in [0, 0.1) is 11.2 Å². The largest absolute Gasteiger partial charge is 0.315 e. The molecule has 1 N–H and O–H groups in total. The van der Waals surface area contributed by atoms with Crippen LogP contribution in [0.3, 0.4) is 0 Å². The van der Waals surface area contributed by atoms with Crippen LogP contribution in [0.25, 0.3) is 0 Å². The van der Waals surface area contributed by atoms with Crippen molar-refractivity contribution in [3.8, 4) is 0 Å². The van der Waals surface area contributed by atoms with Crippen molar-refractivity contribution < 1.29 is 4.39 Å². The fraction of sp³-hybridized carbons (Fsp3) is 0.571. The van der Waals surface area contributed by atoms with Crippen molar-refractivity contribution in [3.63, 3.8) is 0 Å². The van der Waals surface area contributed by atoms with E-state index in [-0.39, 0.29) is 5.82 Å². The minimum Gasteiger partial charge on any atom is -0.315 e. The van der Waals surface area contributed by atoms with E-state index in [2.05, 4.69) is 19.2 Å². The lowest BCUT2D eigenvalue weighted by Crippen LogP contribution is -2.41. The Bertz CT molecular complexity index is 392. The van der Waals surface area contributed by atoms with Gasteiger partial charge in [0.25, 0.3) is 0 Å². The second kappa shape index (κ2) is 4.99. The predicted molar refractivity (Wildman–Crippen MR) is 71.9 cm³/mol. The third-order valence-corrected chi connectivity index (χ3v) is 5.11. The number of thioether (sulfide) groups is 1. The Labute approximate surface area is 107 Å². The molecule has 17 heavy (non-hydrogen) atoms. The molecule has 2 rings (SSSR count). The Morgan fingerprint density at radius 1 is 1.35 bits per heavy atom. The molecule has 1 aliphatic carbocycles. The molecule has 94 valence electrons. The van der Waals surface area contributed by atoms with Gasteiger partial charge in [0.15, 0.2) is 0 Å². The summed E-state index contributed by atoms with van der Waals surface area (Å²) in [5.41, 5.74) is 0.303. The molecule has 3 heteroatoms. The van der Waals surface area contributed by atoms with Crippen molar-refractivity contribution >= 4 is 11.8 Å². The molecule has 1 aromatic rings. The maximum atomic E-state index is 13.6. The predicted octanol–water partition coefficient (Wildman–Crippen LogP) is 3.69. The van der Waals surface area contributed by atoms with E-state index < -0.39 is 0 Å². The number of hydrogen-bond acceptors (Lipinski definition) is 2. The first-order valence-corrected chi connectivity index (χ1v) is 7.01. The Hall–Kier alpha value is -0.540. The van der Waals surface area contributed by atoms with Crippen molar-refractivity contribution in [2.24, 2.45) is 5.41 Å². The van der Waals surface area contributed by atoms with Gasteiger partial charge in [-0.15, -0.1) is 11.8 Å². The van der Waals surface area contributed by atoms with E-state index >= 15 is 0 Å². The molecule has 1 nitrogen and oxygen atoms in total. The van der Waals surface area contributed by atoms with Crippen LogP contribution in [0.15, 0.2) is 29.2 Å². The second-order valence-electron chi connectivity index (χ2n) is 5.38. The van der Waals surface area contributed by atoms with Gasteiger partial charge in [0.2, 0.25) is 0 Å². The van der Waals surface area contributed by atoms with Gasteiger partial charge in [0, 0.05) is 16.2 Å². The van der Waals surface area contributed by atoms with Gasteiger partial charge in [0.05, 0.1) is 0 Å². The normalized spacial score (nSPS) is 27.3. The maximum Gasteiger partial charge on any atom is 0.136 e. The summed E-state index contributed by atoms with van der Waals surface area (Å²) in [6, 6.07) is 7.51. The summed E-state index contributed by atoms with van der Waals surface area (Å²) >= 11 is 1.68. The van der Waals surface area contributed by atoms with Gasteiger partial charge >= 0.3 is 0 Å². The first kappa shape index (κ1) is 12.9. The zero-order valence-electron chi connectivity index (χ0n) is 10.7. The van der Waals surface area contributed by atoms with Gasteiger partial charge in [0.1, 0.15) is 5.82 Å². The number of halogens is 1. The molecule has 0 saturated heterocycles. The summed E-state index contributed by atoms with van der Waals surface area (Å²) in [7, 11) is 2.01. The molecule has 0 aliphatic heterocycles. The number of benzene rings is 1. The van der Waals surface area contributed by atoms with Crippen LogP contribution >= 0.6 is 11.8 Å². The molecule has 1 aliphatic rings. The summed E-state index contributed by atoms with van der Waals surface area (Å²) in [6.45, 7) is 4.58. The lowest BCUT2D eigenvalue weighted by molar-refractivity contribution is 0.300. The van der Waals surface area contributed by atoms with Gasteiger partial charge in [-0.3, -0.25) is 0 Å². The van der Waals surface area contributed by atoms with E-state index in [1.807, 2.05) is 19.2 Å². The molecule has 2 unspecified atom stereocenters. The van der Waals surface area contributed by atoms with E-state index in [9.17, 15) is 4.39 Å². The van der Waals surface area contributed by atoms with Gasteiger partial charge in [-0.2, -0.15) is 0 Å². The number of rotatable bonds is 3. The maximum absolute atomic E-state index is 13.6. The third kappa shape index (κ3) is 2.66. The molecule has 0 amide bonds. The van der Waals surface area contributed by atoms with Crippen LogP contribution < -0.4 is 5.32 Å². The van der Waals surface area contributed by atoms with E-state index in [4.69, 9.17) is 0 Å². The van der Waals surface area contributed by atoms with Gasteiger partial charge in [-0.1, -0.05) is 26.0 Å². The fourth-order valence-electron chi connectivity index (χ4n) is 2.75. The van der Waals surface area contributed by atoms with Crippen LogP contribution in [-0.4, -0.2) is 18.3 Å². The highest BCUT2D eigenvalue weighted by molar-refractivity contribution is 8.00. The summed E-state index contributed by atoms with van der Waals surface area (Å²) in [5, 5.41) is 3.87. The summed E-state index contributed by atoms with van der Waals surface area (Å²) in [4.78, 5) is 0.774. The van der Waals surface area contributed by atoms with Crippen molar-refractivity contribution in [2.45, 2.75) is 42.9 Å². The monoisotopic (exact) mass is 253 g/mol. The Balaban J connectivity index is 2.12. The van der Waals surface area contributed by atoms with E-state index in [1.165, 1.54) is 12.5 Å². The van der Waals surface area contributed by atoms with Crippen LogP contribution in [0.5, 0.6) is 0 Å². The Kier molecular flexibility index (Phi) is 3.79. The minimum atomic E-state index is -0.0999. The molecule has 1 fully saturated rings. The molecular weight excluding hydrogens is 233 g/mol.